The number of hydrogen-bond donors (Lipinski definition) is 1. The van der Waals surface area contributed by atoms with E-state index in [4.69, 9.17) is 9.47 Å². The van der Waals surface area contributed by atoms with Crippen LogP contribution in [0.2, 0.25) is 0 Å². The molecule has 0 aliphatic carbocycles. The van der Waals surface area contributed by atoms with Gasteiger partial charge in [-0.25, -0.2) is 9.59 Å². The molecule has 1 N–H and O–H groups in total. The van der Waals surface area contributed by atoms with Gasteiger partial charge in [-0.05, 0) is 19.8 Å². The molecule has 0 aromatic carbocycles. The maximum absolute atomic E-state index is 11.5. The third-order valence-corrected chi connectivity index (χ3v) is 3.30. The highest BCUT2D eigenvalue weighted by Gasteiger charge is 2.34. The zero-order chi connectivity index (χ0) is 12.3. The Morgan fingerprint density at radius 1 is 1.53 bits per heavy atom. The first-order valence-electron chi connectivity index (χ1n) is 6.07. The highest BCUT2D eigenvalue weighted by molar-refractivity contribution is 5.69. The fraction of sp³-hybridized carbons (Fsp3) is 0.818. The number of cyclic esters (lactones) is 1. The molecule has 0 radical (unpaired) electrons. The number of ether oxygens (including phenoxy) is 2. The molecule has 2 fully saturated rings. The van der Waals surface area contributed by atoms with E-state index in [1.54, 1.807) is 11.8 Å². The number of rotatable bonds is 2. The topological polar surface area (TPSA) is 67.9 Å². The van der Waals surface area contributed by atoms with Crippen molar-refractivity contribution in [2.45, 2.75) is 25.9 Å². The van der Waals surface area contributed by atoms with E-state index in [0.29, 0.717) is 32.2 Å². The van der Waals surface area contributed by atoms with Crippen LogP contribution < -0.4 is 5.32 Å². The quantitative estimate of drug-likeness (QED) is 0.783. The second kappa shape index (κ2) is 5.25. The summed E-state index contributed by atoms with van der Waals surface area (Å²) in [6.45, 7) is 4.15. The second-order valence-electron chi connectivity index (χ2n) is 4.35. The highest BCUT2D eigenvalue weighted by Crippen LogP contribution is 2.24. The first-order valence-corrected chi connectivity index (χ1v) is 6.07. The Hall–Kier alpha value is -1.46. The van der Waals surface area contributed by atoms with Crippen LogP contribution in [0.1, 0.15) is 19.8 Å². The molecule has 2 heterocycles. The zero-order valence-corrected chi connectivity index (χ0v) is 9.98. The summed E-state index contributed by atoms with van der Waals surface area (Å²) in [5, 5.41) is 2.65. The van der Waals surface area contributed by atoms with E-state index in [-0.39, 0.29) is 18.3 Å². The lowest BCUT2D eigenvalue weighted by molar-refractivity contribution is 0.0557. The molecule has 17 heavy (non-hydrogen) atoms. The molecule has 2 amide bonds. The van der Waals surface area contributed by atoms with Crippen molar-refractivity contribution >= 4 is 12.2 Å². The zero-order valence-electron chi connectivity index (χ0n) is 9.98. The molecule has 0 spiro atoms. The second-order valence-corrected chi connectivity index (χ2v) is 4.35. The Labute approximate surface area is 100 Å². The lowest BCUT2D eigenvalue weighted by Gasteiger charge is -2.32. The molecule has 0 aromatic heterocycles. The first kappa shape index (κ1) is 12.0. The standard InChI is InChI=1S/C11H18N2O4/c1-2-16-11(15)13-5-3-8(4-6-13)9-7-12-10(14)17-9/h8-9H,2-7H2,1H3,(H,12,14). The van der Waals surface area contributed by atoms with Gasteiger partial charge in [-0.1, -0.05) is 0 Å². The molecule has 1 atom stereocenters. The molecular formula is C11H18N2O4. The number of nitrogens with one attached hydrogen (secondary N) is 1. The summed E-state index contributed by atoms with van der Waals surface area (Å²) in [6.07, 6.45) is 1.11. The third-order valence-electron chi connectivity index (χ3n) is 3.30. The van der Waals surface area contributed by atoms with Gasteiger partial charge in [0, 0.05) is 19.0 Å². The van der Waals surface area contributed by atoms with Crippen molar-refractivity contribution in [3.05, 3.63) is 0 Å². The van der Waals surface area contributed by atoms with Gasteiger partial charge < -0.3 is 19.7 Å². The Bertz CT molecular complexity index is 300. The molecular weight excluding hydrogens is 224 g/mol. The number of carbonyl (C=O) groups is 2. The van der Waals surface area contributed by atoms with Crippen LogP contribution in [0.25, 0.3) is 0 Å². The normalized spacial score (nSPS) is 25.4. The SMILES string of the molecule is CCOC(=O)N1CCC(C2CNC(=O)O2)CC1. The highest BCUT2D eigenvalue weighted by atomic mass is 16.6. The van der Waals surface area contributed by atoms with Gasteiger partial charge in [0.1, 0.15) is 6.10 Å². The largest absolute Gasteiger partial charge is 0.450 e. The van der Waals surface area contributed by atoms with Crippen LogP contribution in [0, 0.1) is 5.92 Å². The predicted octanol–water partition coefficient (Wildman–Crippen LogP) is 0.963. The van der Waals surface area contributed by atoms with Crippen molar-refractivity contribution in [2.75, 3.05) is 26.2 Å². The van der Waals surface area contributed by atoms with Gasteiger partial charge in [0.2, 0.25) is 0 Å². The van der Waals surface area contributed by atoms with Crippen LogP contribution in [-0.4, -0.2) is 49.4 Å². The summed E-state index contributed by atoms with van der Waals surface area (Å²) in [6, 6.07) is 0. The Kier molecular flexibility index (Phi) is 3.71. The minimum Gasteiger partial charge on any atom is -0.450 e. The minimum atomic E-state index is -0.331. The average Bonchev–Trinajstić information content (AvgIpc) is 2.76. The predicted molar refractivity (Wildman–Crippen MR) is 59.6 cm³/mol. The summed E-state index contributed by atoms with van der Waals surface area (Å²) in [5.41, 5.74) is 0. The summed E-state index contributed by atoms with van der Waals surface area (Å²) in [5.74, 6) is 0.347. The molecule has 6 nitrogen and oxygen atoms in total. The van der Waals surface area contributed by atoms with Crippen molar-refractivity contribution < 1.29 is 19.1 Å². The van der Waals surface area contributed by atoms with E-state index in [2.05, 4.69) is 5.32 Å². The lowest BCUT2D eigenvalue weighted by Crippen LogP contribution is -2.42. The minimum absolute atomic E-state index is 0.0353. The number of likely N-dealkylation sites (tertiary alicyclic amines) is 1. The van der Waals surface area contributed by atoms with Crippen LogP contribution in [-0.2, 0) is 9.47 Å². The number of amides is 2. The molecule has 0 aromatic rings. The van der Waals surface area contributed by atoms with E-state index in [1.807, 2.05) is 0 Å². The van der Waals surface area contributed by atoms with Gasteiger partial charge in [0.15, 0.2) is 0 Å². The summed E-state index contributed by atoms with van der Waals surface area (Å²) in [4.78, 5) is 24.1. The Morgan fingerprint density at radius 2 is 2.24 bits per heavy atom. The maximum atomic E-state index is 11.5. The Morgan fingerprint density at radius 3 is 2.76 bits per heavy atom. The van der Waals surface area contributed by atoms with Gasteiger partial charge in [-0.15, -0.1) is 0 Å². The number of hydrogen-bond acceptors (Lipinski definition) is 4. The summed E-state index contributed by atoms with van der Waals surface area (Å²) in [7, 11) is 0. The van der Waals surface area contributed by atoms with Crippen molar-refractivity contribution in [3.8, 4) is 0 Å². The fourth-order valence-corrected chi connectivity index (χ4v) is 2.34. The van der Waals surface area contributed by atoms with Gasteiger partial charge in [0.25, 0.3) is 0 Å². The van der Waals surface area contributed by atoms with Crippen LogP contribution in [0.3, 0.4) is 0 Å². The summed E-state index contributed by atoms with van der Waals surface area (Å²) >= 11 is 0. The molecule has 2 saturated heterocycles. The fourth-order valence-electron chi connectivity index (χ4n) is 2.34. The van der Waals surface area contributed by atoms with Crippen LogP contribution in [0.15, 0.2) is 0 Å². The molecule has 2 aliphatic heterocycles. The number of nitrogens with zero attached hydrogens (tertiary/aromatic N) is 1. The van der Waals surface area contributed by atoms with E-state index in [0.717, 1.165) is 12.8 Å². The molecule has 6 heteroatoms. The third kappa shape index (κ3) is 2.81. The van der Waals surface area contributed by atoms with Crippen LogP contribution in [0.5, 0.6) is 0 Å². The first-order chi connectivity index (χ1) is 8.20. The van der Waals surface area contributed by atoms with E-state index in [9.17, 15) is 9.59 Å². The number of carbonyl (C=O) groups excluding carboxylic acids is 2. The van der Waals surface area contributed by atoms with Crippen molar-refractivity contribution in [2.24, 2.45) is 5.92 Å². The monoisotopic (exact) mass is 242 g/mol. The number of alkyl carbamates (subject to hydrolysis) is 1. The van der Waals surface area contributed by atoms with Crippen molar-refractivity contribution in [1.82, 2.24) is 10.2 Å². The molecule has 2 aliphatic rings. The lowest BCUT2D eigenvalue weighted by atomic mass is 9.91. The molecule has 0 bridgehead atoms. The van der Waals surface area contributed by atoms with Gasteiger partial charge >= 0.3 is 12.2 Å². The van der Waals surface area contributed by atoms with Crippen molar-refractivity contribution in [3.63, 3.8) is 0 Å². The number of piperidine rings is 1. The molecule has 0 saturated carbocycles. The molecule has 1 unspecified atom stereocenters. The molecule has 96 valence electrons. The van der Waals surface area contributed by atoms with E-state index >= 15 is 0 Å². The molecule has 2 rings (SSSR count). The van der Waals surface area contributed by atoms with E-state index in [1.165, 1.54) is 0 Å². The van der Waals surface area contributed by atoms with Gasteiger partial charge in [-0.2, -0.15) is 0 Å². The van der Waals surface area contributed by atoms with Crippen molar-refractivity contribution in [1.29, 1.82) is 0 Å². The smallest absolute Gasteiger partial charge is 0.409 e. The Balaban J connectivity index is 1.78. The van der Waals surface area contributed by atoms with Gasteiger partial charge in [-0.3, -0.25) is 0 Å². The summed E-state index contributed by atoms with van der Waals surface area (Å²) < 4.78 is 10.1. The van der Waals surface area contributed by atoms with E-state index < -0.39 is 0 Å². The average molecular weight is 242 g/mol. The maximum Gasteiger partial charge on any atom is 0.409 e. The van der Waals surface area contributed by atoms with Crippen LogP contribution >= 0.6 is 0 Å². The van der Waals surface area contributed by atoms with Crippen LogP contribution in [0.4, 0.5) is 9.59 Å². The van der Waals surface area contributed by atoms with Gasteiger partial charge in [0.05, 0.1) is 13.2 Å².